The van der Waals surface area contributed by atoms with Gasteiger partial charge in [-0.15, -0.1) is 0 Å². The number of benzene rings is 1. The third kappa shape index (κ3) is 37.7. The van der Waals surface area contributed by atoms with E-state index in [1.54, 1.807) is 12.1 Å². The van der Waals surface area contributed by atoms with Crippen LogP contribution in [-0.4, -0.2) is 117 Å². The molecule has 0 fully saturated rings. The minimum absolute atomic E-state index is 0.0636. The molecule has 0 bridgehead atoms. The van der Waals surface area contributed by atoms with Crippen LogP contribution in [0.3, 0.4) is 0 Å². The van der Waals surface area contributed by atoms with Crippen LogP contribution in [0.4, 0.5) is 10.7 Å². The number of H-pyrrole nitrogens is 1. The maximum absolute atomic E-state index is 12.9. The standard InChI is InChI=1S/C64H105N8O15P/c1-3-5-7-9-11-13-15-17-19-21-23-25-27-29-31-33-56(74)84-48-53(87-57(75)34-32-30-28-26-24-22-20-18-16-14-12-10-8-6-4-2)49-86-88(81,82)85-46-44-67-64(80)83-45-43-66-55(73)42-41-54(62(78)79)70-60(76)51-38-35-50(36-39-51)37-40-52-47-68-59-58(69-52)61(77)72-63(65)71-59/h35-36,38-39,47,53-54H,3-34,37,40-46,48-49H2,1-2H3,(H,66,73)(H,67,80)(H,70,76)(H,78,79)(H,81,82)(H3,65,68,71,72,77)/t53-,54+/m1/s1. The van der Waals surface area contributed by atoms with Gasteiger partial charge in [0.05, 0.1) is 31.6 Å². The number of nitrogens with zero attached hydrogens (tertiary/aromatic N) is 3. The number of aromatic nitrogens is 4. The number of fused-ring (bicyclic) bond motifs is 1. The van der Waals surface area contributed by atoms with E-state index >= 15 is 0 Å². The van der Waals surface area contributed by atoms with E-state index in [0.29, 0.717) is 31.4 Å². The average molecular weight is 1260 g/mol. The molecular formula is C64H105N8O15P. The molecule has 0 spiro atoms. The smallest absolute Gasteiger partial charge is 0.472 e. The van der Waals surface area contributed by atoms with Crippen LogP contribution in [0, 0.1) is 0 Å². The van der Waals surface area contributed by atoms with Crippen molar-refractivity contribution in [3.63, 3.8) is 0 Å². The number of carbonyl (C=O) groups is 6. The van der Waals surface area contributed by atoms with Gasteiger partial charge >= 0.3 is 31.8 Å². The summed E-state index contributed by atoms with van der Waals surface area (Å²) in [6.45, 7) is 2.35. The quantitative estimate of drug-likeness (QED) is 0.0119. The molecule has 24 heteroatoms. The number of amides is 3. The fraction of sp³-hybridized carbons (Fsp3) is 0.719. The predicted molar refractivity (Wildman–Crippen MR) is 338 cm³/mol. The molecule has 0 saturated carbocycles. The Morgan fingerprint density at radius 1 is 0.614 bits per heavy atom. The molecule has 88 heavy (non-hydrogen) atoms. The number of carbonyl (C=O) groups excluding carboxylic acids is 5. The maximum Gasteiger partial charge on any atom is 0.472 e. The number of nitrogens with two attached hydrogens (primary N) is 1. The number of hydrogen-bond donors (Lipinski definition) is 7. The predicted octanol–water partition coefficient (Wildman–Crippen LogP) is 12.0. The van der Waals surface area contributed by atoms with E-state index in [-0.39, 0.29) is 74.7 Å². The normalized spacial score (nSPS) is 12.7. The van der Waals surface area contributed by atoms with E-state index in [2.05, 4.69) is 49.7 Å². The van der Waals surface area contributed by atoms with E-state index in [4.69, 9.17) is 29.0 Å². The lowest BCUT2D eigenvalue weighted by Crippen LogP contribution is -2.41. The zero-order valence-corrected chi connectivity index (χ0v) is 53.7. The van der Waals surface area contributed by atoms with Crippen molar-refractivity contribution >= 4 is 60.8 Å². The Hall–Kier alpha value is -6.03. The van der Waals surface area contributed by atoms with E-state index < -0.39 is 74.6 Å². The second kappa shape index (κ2) is 47.9. The first-order valence-corrected chi connectivity index (χ1v) is 34.4. The lowest BCUT2D eigenvalue weighted by molar-refractivity contribution is -0.161. The molecule has 2 heterocycles. The van der Waals surface area contributed by atoms with Crippen molar-refractivity contribution in [1.82, 2.24) is 35.9 Å². The van der Waals surface area contributed by atoms with Crippen molar-refractivity contribution in [3.8, 4) is 0 Å². The number of alkyl carbamates (subject to hydrolysis) is 1. The number of phosphoric ester groups is 1. The number of nitrogen functional groups attached to an aromatic ring is 1. The van der Waals surface area contributed by atoms with E-state index in [9.17, 15) is 48.1 Å². The molecule has 3 rings (SSSR count). The van der Waals surface area contributed by atoms with Gasteiger partial charge in [-0.2, -0.15) is 4.98 Å². The Bertz CT molecular complexity index is 2560. The number of rotatable bonds is 54. The Balaban J connectivity index is 1.31. The van der Waals surface area contributed by atoms with Crippen LogP contribution < -0.4 is 27.2 Å². The molecular weight excluding hydrogens is 1150 g/mol. The second-order valence-electron chi connectivity index (χ2n) is 22.8. The van der Waals surface area contributed by atoms with Gasteiger partial charge in [0.15, 0.2) is 17.3 Å². The van der Waals surface area contributed by atoms with Gasteiger partial charge in [0.1, 0.15) is 19.3 Å². The van der Waals surface area contributed by atoms with Crippen molar-refractivity contribution in [1.29, 1.82) is 0 Å². The van der Waals surface area contributed by atoms with Crippen LogP contribution in [-0.2, 0) is 59.8 Å². The number of nitrogens with one attached hydrogen (secondary N) is 4. The fourth-order valence-corrected chi connectivity index (χ4v) is 10.6. The van der Waals surface area contributed by atoms with Gasteiger partial charge in [0.25, 0.3) is 11.5 Å². The molecule has 3 atom stereocenters. The summed E-state index contributed by atoms with van der Waals surface area (Å²) in [6.07, 6.45) is 35.9. The minimum Gasteiger partial charge on any atom is -0.480 e. The summed E-state index contributed by atoms with van der Waals surface area (Å²) in [6, 6.07) is 5.08. The van der Waals surface area contributed by atoms with Gasteiger partial charge in [0, 0.05) is 31.4 Å². The molecule has 0 aliphatic heterocycles. The van der Waals surface area contributed by atoms with Crippen molar-refractivity contribution in [2.75, 3.05) is 45.3 Å². The highest BCUT2D eigenvalue weighted by Crippen LogP contribution is 2.43. The largest absolute Gasteiger partial charge is 0.480 e. The monoisotopic (exact) mass is 1260 g/mol. The van der Waals surface area contributed by atoms with Crippen LogP contribution >= 0.6 is 7.82 Å². The van der Waals surface area contributed by atoms with Crippen LogP contribution in [0.1, 0.15) is 254 Å². The number of phosphoric acid groups is 1. The molecule has 0 aliphatic rings. The average Bonchev–Trinajstić information content (AvgIpc) is 3.10. The zero-order chi connectivity index (χ0) is 63.9. The topological polar surface area (TPSA) is 340 Å². The highest BCUT2D eigenvalue weighted by atomic mass is 31.2. The maximum atomic E-state index is 12.9. The Morgan fingerprint density at radius 3 is 1.66 bits per heavy atom. The first-order chi connectivity index (χ1) is 42.6. The van der Waals surface area contributed by atoms with Crippen LogP contribution in [0.15, 0.2) is 35.3 Å². The number of anilines is 1. The van der Waals surface area contributed by atoms with Gasteiger partial charge in [-0.25, -0.2) is 24.1 Å². The Labute approximate surface area is 521 Å². The number of carboxylic acid groups (broad SMARTS) is 1. The van der Waals surface area contributed by atoms with E-state index in [1.807, 2.05) is 0 Å². The number of aromatic amines is 1. The van der Waals surface area contributed by atoms with Crippen molar-refractivity contribution in [3.05, 3.63) is 57.6 Å². The van der Waals surface area contributed by atoms with Crippen molar-refractivity contribution < 1.29 is 66.6 Å². The van der Waals surface area contributed by atoms with Gasteiger partial charge in [0.2, 0.25) is 11.9 Å². The summed E-state index contributed by atoms with van der Waals surface area (Å²) in [5.74, 6) is -3.64. The van der Waals surface area contributed by atoms with Crippen LogP contribution in [0.2, 0.25) is 0 Å². The molecule has 1 aromatic carbocycles. The molecule has 0 aliphatic carbocycles. The summed E-state index contributed by atoms with van der Waals surface area (Å²) in [4.78, 5) is 113. The molecule has 0 saturated heterocycles. The van der Waals surface area contributed by atoms with Crippen LogP contribution in [0.5, 0.6) is 0 Å². The Morgan fingerprint density at radius 2 is 1.12 bits per heavy atom. The van der Waals surface area contributed by atoms with Crippen molar-refractivity contribution in [2.45, 2.75) is 257 Å². The summed E-state index contributed by atoms with van der Waals surface area (Å²) in [5.41, 5.74) is 6.83. The number of ether oxygens (including phenoxy) is 3. The number of aliphatic carboxylic acids is 1. The molecule has 1 unspecified atom stereocenters. The van der Waals surface area contributed by atoms with Crippen molar-refractivity contribution in [2.24, 2.45) is 0 Å². The van der Waals surface area contributed by atoms with Gasteiger partial charge < -0.3 is 45.9 Å². The van der Waals surface area contributed by atoms with Gasteiger partial charge in [-0.3, -0.25) is 38.0 Å². The first kappa shape index (κ1) is 76.2. The number of unbranched alkanes of at least 4 members (excludes halogenated alkanes) is 28. The summed E-state index contributed by atoms with van der Waals surface area (Å²) < 4.78 is 39.0. The number of hydrogen-bond acceptors (Lipinski definition) is 17. The summed E-state index contributed by atoms with van der Waals surface area (Å²) >= 11 is 0. The fourth-order valence-electron chi connectivity index (χ4n) is 9.86. The lowest BCUT2D eigenvalue weighted by atomic mass is 10.0. The third-order valence-corrected chi connectivity index (χ3v) is 16.0. The number of esters is 2. The molecule has 2 aromatic heterocycles. The molecule has 23 nitrogen and oxygen atoms in total. The van der Waals surface area contributed by atoms with E-state index in [0.717, 1.165) is 44.1 Å². The molecule has 8 N–H and O–H groups in total. The van der Waals surface area contributed by atoms with E-state index in [1.165, 1.54) is 160 Å². The Kier molecular flexibility index (Phi) is 41.5. The lowest BCUT2D eigenvalue weighted by Gasteiger charge is -2.20. The zero-order valence-electron chi connectivity index (χ0n) is 52.8. The van der Waals surface area contributed by atoms with Crippen LogP contribution in [0.25, 0.3) is 11.2 Å². The SMILES string of the molecule is CCCCCCCCCCCCCCCCCC(=O)OC[C@H](COP(=O)(O)OCCNC(=O)OCCNC(=O)CC[C@H](NC(=O)c1ccc(CCc2cnc3nc(N)[nH]c(=O)c3n2)cc1)C(=O)O)OC(=O)CCCCCCCCCCCCCCCCC. The van der Waals surface area contributed by atoms with Gasteiger partial charge in [-0.05, 0) is 49.8 Å². The van der Waals surface area contributed by atoms with Gasteiger partial charge in [-0.1, -0.05) is 206 Å². The summed E-state index contributed by atoms with van der Waals surface area (Å²) in [5, 5.41) is 17.0. The number of aryl methyl sites for hydroxylation is 2. The molecule has 0 radical (unpaired) electrons. The first-order valence-electron chi connectivity index (χ1n) is 32.9. The highest BCUT2D eigenvalue weighted by Gasteiger charge is 2.27. The second-order valence-corrected chi connectivity index (χ2v) is 24.2. The minimum atomic E-state index is -4.75. The third-order valence-electron chi connectivity index (χ3n) is 15.0. The highest BCUT2D eigenvalue weighted by molar-refractivity contribution is 7.47. The number of carboxylic acids is 1. The molecule has 3 aromatic rings. The molecule has 3 amide bonds. The summed E-state index contributed by atoms with van der Waals surface area (Å²) in [7, 11) is -4.75. The molecule has 496 valence electrons.